The van der Waals surface area contributed by atoms with Crippen LogP contribution in [0.15, 0.2) is 102 Å². The van der Waals surface area contributed by atoms with E-state index in [2.05, 4.69) is 101 Å². The van der Waals surface area contributed by atoms with Gasteiger partial charge in [0.15, 0.2) is 0 Å². The fraction of sp³-hybridized carbons (Fsp3) is 0.455. The lowest BCUT2D eigenvalue weighted by molar-refractivity contribution is 0.273. The SMILES string of the molecule is NC1=C(C2C=C(c3ccc4c(c3)c3c(n4C4C=CC=CC4)CCC=C3)CCC2[C@@H]2N[C@]2(C2=CC=CCC2)C2CCCCC2)CCC=C1. The summed E-state index contributed by atoms with van der Waals surface area (Å²) >= 11 is 0. The van der Waals surface area contributed by atoms with Crippen LogP contribution < -0.4 is 11.1 Å². The van der Waals surface area contributed by atoms with Crippen LogP contribution in [0, 0.1) is 17.8 Å². The van der Waals surface area contributed by atoms with Crippen LogP contribution in [-0.2, 0) is 6.42 Å². The van der Waals surface area contributed by atoms with Crippen molar-refractivity contribution in [2.75, 3.05) is 0 Å². The third kappa shape index (κ3) is 5.03. The average Bonchev–Trinajstić information content (AvgIpc) is 3.82. The van der Waals surface area contributed by atoms with Crippen LogP contribution in [0.5, 0.6) is 0 Å². The lowest BCUT2D eigenvalue weighted by Gasteiger charge is -2.38. The van der Waals surface area contributed by atoms with E-state index in [1.54, 1.807) is 5.57 Å². The minimum Gasteiger partial charge on any atom is -0.399 e. The second kappa shape index (κ2) is 12.2. The maximum Gasteiger partial charge on any atom is 0.0587 e. The minimum atomic E-state index is 0.190. The van der Waals surface area contributed by atoms with Gasteiger partial charge in [0.05, 0.1) is 11.6 Å². The van der Waals surface area contributed by atoms with Gasteiger partial charge in [-0.15, -0.1) is 0 Å². The van der Waals surface area contributed by atoms with Crippen LogP contribution in [0.2, 0.25) is 0 Å². The number of nitrogens with one attached hydrogen (secondary N) is 1. The van der Waals surface area contributed by atoms with Gasteiger partial charge in [-0.25, -0.2) is 0 Å². The second-order valence-corrected chi connectivity index (χ2v) is 15.3. The van der Waals surface area contributed by atoms with Crippen molar-refractivity contribution in [1.29, 1.82) is 0 Å². The van der Waals surface area contributed by atoms with E-state index < -0.39 is 0 Å². The number of allylic oxidation sites excluding steroid dienone is 13. The molecule has 2 heterocycles. The summed E-state index contributed by atoms with van der Waals surface area (Å²) in [6.07, 6.45) is 45.5. The van der Waals surface area contributed by atoms with Gasteiger partial charge in [-0.05, 0) is 123 Å². The summed E-state index contributed by atoms with van der Waals surface area (Å²) in [6.45, 7) is 0. The fourth-order valence-electron chi connectivity index (χ4n) is 10.6. The molecule has 242 valence electrons. The topological polar surface area (TPSA) is 52.9 Å². The number of fused-ring (bicyclic) bond motifs is 3. The number of hydrogen-bond donors (Lipinski definition) is 2. The van der Waals surface area contributed by atoms with Crippen molar-refractivity contribution < 1.29 is 0 Å². The van der Waals surface area contributed by atoms with Gasteiger partial charge in [0.2, 0.25) is 0 Å². The van der Waals surface area contributed by atoms with Crippen molar-refractivity contribution in [2.45, 2.75) is 108 Å². The highest BCUT2D eigenvalue weighted by Gasteiger charge is 2.63. The molecule has 2 fully saturated rings. The van der Waals surface area contributed by atoms with Crippen LogP contribution in [0.1, 0.15) is 106 Å². The smallest absolute Gasteiger partial charge is 0.0587 e. The molecule has 1 aromatic carbocycles. The highest BCUT2D eigenvalue weighted by atomic mass is 15.2. The van der Waals surface area contributed by atoms with Gasteiger partial charge in [0, 0.05) is 39.8 Å². The predicted molar refractivity (Wildman–Crippen MR) is 198 cm³/mol. The highest BCUT2D eigenvalue weighted by molar-refractivity contribution is 5.94. The number of rotatable bonds is 6. The number of nitrogens with two attached hydrogens (primary N) is 1. The summed E-state index contributed by atoms with van der Waals surface area (Å²) in [5.74, 6) is 1.74. The lowest BCUT2D eigenvalue weighted by atomic mass is 9.65. The van der Waals surface area contributed by atoms with Crippen LogP contribution in [0.4, 0.5) is 0 Å². The summed E-state index contributed by atoms with van der Waals surface area (Å²) in [5.41, 5.74) is 18.5. The molecule has 2 aromatic rings. The van der Waals surface area contributed by atoms with Crippen LogP contribution in [0.25, 0.3) is 22.6 Å². The monoisotopic (exact) mass is 621 g/mol. The first-order valence-corrected chi connectivity index (χ1v) is 18.9. The van der Waals surface area contributed by atoms with Crippen molar-refractivity contribution in [3.05, 3.63) is 119 Å². The van der Waals surface area contributed by atoms with Gasteiger partial charge in [0.25, 0.3) is 0 Å². The quantitative estimate of drug-likeness (QED) is 0.315. The highest BCUT2D eigenvalue weighted by Crippen LogP contribution is 2.56. The molecule has 0 spiro atoms. The molecule has 9 rings (SSSR count). The molecule has 3 heteroatoms. The molecule has 6 aliphatic carbocycles. The third-order valence-electron chi connectivity index (χ3n) is 12.9. The Kier molecular flexibility index (Phi) is 7.65. The molecule has 7 aliphatic rings. The molecular formula is C44H51N3. The molecule has 5 atom stereocenters. The molecular weight excluding hydrogens is 571 g/mol. The van der Waals surface area contributed by atoms with Gasteiger partial charge in [0.1, 0.15) is 0 Å². The van der Waals surface area contributed by atoms with Gasteiger partial charge in [-0.1, -0.05) is 92.2 Å². The third-order valence-corrected chi connectivity index (χ3v) is 12.9. The van der Waals surface area contributed by atoms with E-state index >= 15 is 0 Å². The normalized spacial score (nSPS) is 32.1. The number of benzene rings is 1. The predicted octanol–water partition coefficient (Wildman–Crippen LogP) is 10.2. The van der Waals surface area contributed by atoms with Crippen molar-refractivity contribution in [1.82, 2.24) is 9.88 Å². The Labute approximate surface area is 281 Å². The molecule has 3 unspecified atom stereocenters. The zero-order valence-electron chi connectivity index (χ0n) is 28.0. The Morgan fingerprint density at radius 1 is 0.830 bits per heavy atom. The van der Waals surface area contributed by atoms with E-state index in [9.17, 15) is 0 Å². The first kappa shape index (κ1) is 29.6. The van der Waals surface area contributed by atoms with E-state index in [0.29, 0.717) is 23.9 Å². The van der Waals surface area contributed by atoms with Crippen LogP contribution in [-0.4, -0.2) is 16.1 Å². The lowest BCUT2D eigenvalue weighted by Crippen LogP contribution is -2.37. The number of aromatic nitrogens is 1. The van der Waals surface area contributed by atoms with E-state index in [0.717, 1.165) is 50.1 Å². The van der Waals surface area contributed by atoms with E-state index in [4.69, 9.17) is 5.73 Å². The molecule has 3 nitrogen and oxygen atoms in total. The van der Waals surface area contributed by atoms with Crippen molar-refractivity contribution in [3.8, 4) is 0 Å². The largest absolute Gasteiger partial charge is 0.399 e. The first-order valence-electron chi connectivity index (χ1n) is 18.9. The van der Waals surface area contributed by atoms with Crippen molar-refractivity contribution >= 4 is 22.6 Å². The molecule has 1 saturated carbocycles. The Morgan fingerprint density at radius 2 is 1.70 bits per heavy atom. The maximum absolute atomic E-state index is 6.86. The number of nitrogens with zero attached hydrogens (tertiary/aromatic N) is 1. The molecule has 0 amide bonds. The maximum atomic E-state index is 6.86. The number of hydrogen-bond acceptors (Lipinski definition) is 2. The molecule has 1 aliphatic heterocycles. The molecule has 1 saturated heterocycles. The Hall–Kier alpha value is -3.56. The fourth-order valence-corrected chi connectivity index (χ4v) is 10.6. The summed E-state index contributed by atoms with van der Waals surface area (Å²) in [6, 6.07) is 8.34. The van der Waals surface area contributed by atoms with E-state index in [1.807, 2.05) is 0 Å². The Balaban J connectivity index is 1.11. The zero-order chi connectivity index (χ0) is 31.4. The Morgan fingerprint density at radius 3 is 2.53 bits per heavy atom. The summed E-state index contributed by atoms with van der Waals surface area (Å²) < 4.78 is 2.64. The molecule has 47 heavy (non-hydrogen) atoms. The van der Waals surface area contributed by atoms with Gasteiger partial charge >= 0.3 is 0 Å². The van der Waals surface area contributed by atoms with Gasteiger partial charge in [-0.2, -0.15) is 0 Å². The van der Waals surface area contributed by atoms with E-state index in [1.165, 1.54) is 90.2 Å². The first-order chi connectivity index (χ1) is 23.2. The molecule has 0 bridgehead atoms. The standard InChI is InChI=1S/C44H51N3/c45-40-22-12-10-20-35(40)38-28-30(24-26-37(38)43-44(46-43,32-14-4-1-5-15-32)33-16-6-2-7-17-33)31-25-27-42-39(29-31)36-21-11-13-23-41(36)47(42)34-18-8-3-9-19-34/h1,3-4,8-9,11-12,14,18,21-22,25,27-29,33-34,37-38,43,46H,2,5-7,10,13,15-17,19-20,23-24,26,45H2/t34?,37?,38?,43-,44+/m0/s1. The van der Waals surface area contributed by atoms with Gasteiger partial charge < -0.3 is 15.6 Å². The van der Waals surface area contributed by atoms with Crippen LogP contribution >= 0.6 is 0 Å². The summed E-state index contributed by atoms with van der Waals surface area (Å²) in [7, 11) is 0. The van der Waals surface area contributed by atoms with Crippen molar-refractivity contribution in [2.24, 2.45) is 23.5 Å². The Bertz CT molecular complexity index is 1810. The summed E-state index contributed by atoms with van der Waals surface area (Å²) in [4.78, 5) is 0. The van der Waals surface area contributed by atoms with E-state index in [-0.39, 0.29) is 5.54 Å². The van der Waals surface area contributed by atoms with Crippen LogP contribution in [0.3, 0.4) is 0 Å². The minimum absolute atomic E-state index is 0.190. The zero-order valence-corrected chi connectivity index (χ0v) is 28.0. The molecule has 3 N–H and O–H groups in total. The van der Waals surface area contributed by atoms with Gasteiger partial charge in [-0.3, -0.25) is 0 Å². The molecule has 1 aromatic heterocycles. The van der Waals surface area contributed by atoms with Crippen molar-refractivity contribution in [3.63, 3.8) is 0 Å². The molecule has 0 radical (unpaired) electrons. The average molecular weight is 622 g/mol. The summed E-state index contributed by atoms with van der Waals surface area (Å²) in [5, 5.41) is 5.71. The second-order valence-electron chi connectivity index (χ2n) is 15.3.